The molecule has 0 unspecified atom stereocenters. The summed E-state index contributed by atoms with van der Waals surface area (Å²) in [5, 5.41) is 13.0. The number of nitrogens with one attached hydrogen (secondary N) is 1. The number of carbonyl (C=O) groups is 3. The van der Waals surface area contributed by atoms with Gasteiger partial charge in [-0.25, -0.2) is 9.18 Å². The van der Waals surface area contributed by atoms with Gasteiger partial charge in [-0.15, -0.1) is 0 Å². The number of aliphatic carboxylic acids is 1. The first kappa shape index (κ1) is 29.5. The molecule has 4 aromatic rings. The third-order valence-electron chi connectivity index (χ3n) is 7.33. The van der Waals surface area contributed by atoms with Crippen LogP contribution in [0.15, 0.2) is 103 Å². The van der Waals surface area contributed by atoms with Crippen molar-refractivity contribution in [1.29, 1.82) is 0 Å². The van der Waals surface area contributed by atoms with Crippen molar-refractivity contribution >= 4 is 29.0 Å². The molecule has 4 aromatic carbocycles. The highest BCUT2D eigenvalue weighted by Gasteiger charge is 2.34. The maximum Gasteiger partial charge on any atom is 0.326 e. The lowest BCUT2D eigenvalue weighted by Gasteiger charge is -2.23. The van der Waals surface area contributed by atoms with E-state index in [2.05, 4.69) is 5.32 Å². The van der Waals surface area contributed by atoms with E-state index in [1.165, 1.54) is 11.0 Å². The van der Waals surface area contributed by atoms with E-state index < -0.39 is 17.8 Å². The van der Waals surface area contributed by atoms with E-state index >= 15 is 0 Å². The maximum absolute atomic E-state index is 14.4. The van der Waals surface area contributed by atoms with E-state index in [-0.39, 0.29) is 29.7 Å². The molecule has 2 N–H and O–H groups in total. The molecule has 5 rings (SSSR count). The van der Waals surface area contributed by atoms with Gasteiger partial charge in [0, 0.05) is 35.7 Å². The Morgan fingerprint density at radius 2 is 1.56 bits per heavy atom. The molecule has 1 saturated carbocycles. The lowest BCUT2D eigenvalue weighted by atomic mass is 10.00. The van der Waals surface area contributed by atoms with E-state index in [0.29, 0.717) is 42.1 Å². The lowest BCUT2D eigenvalue weighted by Crippen LogP contribution is -2.34. The number of benzene rings is 4. The highest BCUT2D eigenvalue weighted by Crippen LogP contribution is 2.33. The summed E-state index contributed by atoms with van der Waals surface area (Å²) in [4.78, 5) is 39.5. The van der Waals surface area contributed by atoms with Crippen LogP contribution < -0.4 is 15.0 Å². The number of ketones is 1. The van der Waals surface area contributed by atoms with Crippen LogP contribution in [-0.4, -0.2) is 42.0 Å². The Labute approximate surface area is 249 Å². The summed E-state index contributed by atoms with van der Waals surface area (Å²) in [5.74, 6) is -1.13. The molecular weight excluding hydrogens is 547 g/mol. The van der Waals surface area contributed by atoms with Gasteiger partial charge in [0.25, 0.3) is 0 Å². The molecule has 220 valence electrons. The quantitative estimate of drug-likeness (QED) is 0.133. The molecule has 0 spiro atoms. The largest absolute Gasteiger partial charge is 0.494 e. The molecule has 1 atom stereocenters. The number of carboxylic acids is 1. The normalized spacial score (nSPS) is 13.1. The number of carboxylic acid groups (broad SMARTS) is 1. The Bertz CT molecular complexity index is 1570. The second-order valence-electron chi connectivity index (χ2n) is 10.5. The number of rotatable bonds is 14. The number of amides is 1. The molecule has 0 heterocycles. The molecule has 1 fully saturated rings. The van der Waals surface area contributed by atoms with Crippen molar-refractivity contribution in [2.24, 2.45) is 5.92 Å². The van der Waals surface area contributed by atoms with E-state index in [9.17, 15) is 23.9 Å². The van der Waals surface area contributed by atoms with Gasteiger partial charge in [-0.2, -0.15) is 0 Å². The first-order valence-corrected chi connectivity index (χ1v) is 14.4. The molecule has 0 bridgehead atoms. The fourth-order valence-electron chi connectivity index (χ4n) is 4.88. The number of carbonyl (C=O) groups excluding carboxylic acids is 2. The van der Waals surface area contributed by atoms with Gasteiger partial charge in [0.1, 0.15) is 17.6 Å². The number of hydrogen-bond donors (Lipinski definition) is 2. The summed E-state index contributed by atoms with van der Waals surface area (Å²) in [7, 11) is 0. The molecule has 43 heavy (non-hydrogen) atoms. The SMILES string of the molecule is O=C(c1ccccc1)c1ccccc1N[C@@H](Cc1ccc(OCCCN(C(=O)C2CC2)c2ccccc2F)cc1)C(=O)O. The molecule has 0 saturated heterocycles. The van der Waals surface area contributed by atoms with Gasteiger partial charge in [0.05, 0.1) is 12.3 Å². The zero-order valence-corrected chi connectivity index (χ0v) is 23.6. The van der Waals surface area contributed by atoms with Crippen LogP contribution in [0.25, 0.3) is 0 Å². The van der Waals surface area contributed by atoms with Crippen LogP contribution >= 0.6 is 0 Å². The van der Waals surface area contributed by atoms with Gasteiger partial charge in [0.15, 0.2) is 5.78 Å². The Morgan fingerprint density at radius 1 is 0.884 bits per heavy atom. The summed E-state index contributed by atoms with van der Waals surface area (Å²) in [6.45, 7) is 0.669. The molecule has 1 aliphatic carbocycles. The van der Waals surface area contributed by atoms with Gasteiger partial charge >= 0.3 is 5.97 Å². The molecule has 0 radical (unpaired) electrons. The highest BCUT2D eigenvalue weighted by atomic mass is 19.1. The van der Waals surface area contributed by atoms with Gasteiger partial charge in [-0.3, -0.25) is 9.59 Å². The number of hydrogen-bond acceptors (Lipinski definition) is 5. The number of ether oxygens (including phenoxy) is 1. The van der Waals surface area contributed by atoms with Crippen LogP contribution in [-0.2, 0) is 16.0 Å². The molecular formula is C35H33FN2O5. The Hall–Kier alpha value is -4.98. The van der Waals surface area contributed by atoms with Crippen LogP contribution in [0.5, 0.6) is 5.75 Å². The minimum atomic E-state index is -1.04. The summed E-state index contributed by atoms with van der Waals surface area (Å²) < 4.78 is 20.3. The number of halogens is 1. The van der Waals surface area contributed by atoms with E-state index in [1.807, 2.05) is 6.07 Å². The zero-order chi connectivity index (χ0) is 30.2. The van der Waals surface area contributed by atoms with Gasteiger partial charge in [-0.05, 0) is 61.2 Å². The lowest BCUT2D eigenvalue weighted by molar-refractivity contribution is -0.137. The minimum absolute atomic E-state index is 0.0324. The highest BCUT2D eigenvalue weighted by molar-refractivity contribution is 6.12. The summed E-state index contributed by atoms with van der Waals surface area (Å²) in [6, 6.07) is 28.2. The number of para-hydroxylation sites is 2. The molecule has 0 aromatic heterocycles. The average molecular weight is 581 g/mol. The summed E-state index contributed by atoms with van der Waals surface area (Å²) in [5.41, 5.74) is 2.44. The Kier molecular flexibility index (Phi) is 9.46. The maximum atomic E-state index is 14.4. The second-order valence-corrected chi connectivity index (χ2v) is 10.5. The molecule has 0 aliphatic heterocycles. The van der Waals surface area contributed by atoms with Gasteiger partial charge in [-0.1, -0.05) is 66.7 Å². The predicted molar refractivity (Wildman–Crippen MR) is 163 cm³/mol. The van der Waals surface area contributed by atoms with Crippen molar-refractivity contribution in [2.75, 3.05) is 23.4 Å². The first-order valence-electron chi connectivity index (χ1n) is 14.4. The van der Waals surface area contributed by atoms with Crippen molar-refractivity contribution in [1.82, 2.24) is 0 Å². The van der Waals surface area contributed by atoms with Crippen molar-refractivity contribution in [3.8, 4) is 5.75 Å². The van der Waals surface area contributed by atoms with Crippen LogP contribution in [0.1, 0.15) is 40.7 Å². The third-order valence-corrected chi connectivity index (χ3v) is 7.33. The fourth-order valence-corrected chi connectivity index (χ4v) is 4.88. The van der Waals surface area contributed by atoms with Crippen molar-refractivity contribution in [3.05, 3.63) is 126 Å². The molecule has 7 nitrogen and oxygen atoms in total. The van der Waals surface area contributed by atoms with E-state index in [4.69, 9.17) is 4.74 Å². The standard InChI is InChI=1S/C35H33FN2O5/c36-29-12-5-7-14-32(29)38(34(40)26-17-18-26)21-8-22-43-27-19-15-24(16-20-27)23-31(35(41)42)37-30-13-6-4-11-28(30)33(39)25-9-2-1-3-10-25/h1-7,9-16,19-20,26,31,37H,8,17-18,21-23H2,(H,41,42)/t31-/m0/s1. The Balaban J connectivity index is 1.17. The van der Waals surface area contributed by atoms with Crippen molar-refractivity contribution < 1.29 is 28.6 Å². The second kappa shape index (κ2) is 13.8. The fraction of sp³-hybridized carbons (Fsp3) is 0.229. The van der Waals surface area contributed by atoms with Crippen molar-refractivity contribution in [2.45, 2.75) is 31.7 Å². The predicted octanol–water partition coefficient (Wildman–Crippen LogP) is 6.38. The monoisotopic (exact) mass is 580 g/mol. The summed E-state index contributed by atoms with van der Waals surface area (Å²) in [6.07, 6.45) is 2.37. The topological polar surface area (TPSA) is 95.9 Å². The smallest absolute Gasteiger partial charge is 0.326 e. The first-order chi connectivity index (χ1) is 20.9. The third kappa shape index (κ3) is 7.65. The zero-order valence-electron chi connectivity index (χ0n) is 23.6. The molecule has 8 heteroatoms. The van der Waals surface area contributed by atoms with Crippen molar-refractivity contribution in [3.63, 3.8) is 0 Å². The average Bonchev–Trinajstić information content (AvgIpc) is 3.88. The van der Waals surface area contributed by atoms with Gasteiger partial charge in [0.2, 0.25) is 5.91 Å². The van der Waals surface area contributed by atoms with E-state index in [1.54, 1.807) is 91.0 Å². The van der Waals surface area contributed by atoms with Crippen LogP contribution in [0.2, 0.25) is 0 Å². The van der Waals surface area contributed by atoms with Gasteiger partial charge < -0.3 is 20.1 Å². The van der Waals surface area contributed by atoms with Crippen LogP contribution in [0.3, 0.4) is 0 Å². The molecule has 1 aliphatic rings. The van der Waals surface area contributed by atoms with Crippen LogP contribution in [0, 0.1) is 11.7 Å². The Morgan fingerprint density at radius 3 is 2.26 bits per heavy atom. The number of nitrogens with zero attached hydrogens (tertiary/aromatic N) is 1. The van der Waals surface area contributed by atoms with Crippen LogP contribution in [0.4, 0.5) is 15.8 Å². The minimum Gasteiger partial charge on any atom is -0.494 e. The number of anilines is 2. The molecule has 1 amide bonds. The van der Waals surface area contributed by atoms with E-state index in [0.717, 1.165) is 18.4 Å². The summed E-state index contributed by atoms with van der Waals surface area (Å²) >= 11 is 0.